The van der Waals surface area contributed by atoms with Gasteiger partial charge in [0.25, 0.3) is 11.5 Å². The number of pyridine rings is 1. The molecular formula is C28H28Cl2FN3O5. The maximum Gasteiger partial charge on any atom is 0.305 e. The first kappa shape index (κ1) is 29.9. The number of para-hydroxylation sites is 1. The third-order valence-corrected chi connectivity index (χ3v) is 6.41. The number of aromatic nitrogens is 2. The highest BCUT2D eigenvalue weighted by Crippen LogP contribution is 2.33. The molecule has 2 heterocycles. The van der Waals surface area contributed by atoms with E-state index >= 15 is 0 Å². The summed E-state index contributed by atoms with van der Waals surface area (Å²) >= 11 is 11.7. The van der Waals surface area contributed by atoms with Crippen LogP contribution in [0.1, 0.15) is 48.2 Å². The van der Waals surface area contributed by atoms with Gasteiger partial charge in [-0.15, -0.1) is 0 Å². The molecule has 1 amide bonds. The summed E-state index contributed by atoms with van der Waals surface area (Å²) < 4.78 is 23.8. The van der Waals surface area contributed by atoms with Gasteiger partial charge in [0.1, 0.15) is 27.9 Å². The van der Waals surface area contributed by atoms with Crippen LogP contribution in [-0.4, -0.2) is 35.7 Å². The zero-order valence-corrected chi connectivity index (χ0v) is 23.0. The molecule has 206 valence electrons. The molecule has 0 bridgehead atoms. The highest BCUT2D eigenvalue weighted by atomic mass is 35.5. The normalized spacial score (nSPS) is 10.6. The number of amides is 1. The van der Waals surface area contributed by atoms with Crippen molar-refractivity contribution in [1.29, 1.82) is 0 Å². The van der Waals surface area contributed by atoms with Gasteiger partial charge in [0.05, 0.1) is 17.7 Å². The van der Waals surface area contributed by atoms with Gasteiger partial charge in [-0.05, 0) is 49.4 Å². The molecule has 39 heavy (non-hydrogen) atoms. The van der Waals surface area contributed by atoms with Crippen molar-refractivity contribution in [3.8, 4) is 11.3 Å². The number of H-pyrrole nitrogens is 1. The summed E-state index contributed by atoms with van der Waals surface area (Å²) in [5, 5.41) is 7.94. The third kappa shape index (κ3) is 8.15. The molecule has 0 aliphatic rings. The highest BCUT2D eigenvalue weighted by Gasteiger charge is 2.25. The van der Waals surface area contributed by atoms with E-state index < -0.39 is 11.7 Å². The van der Waals surface area contributed by atoms with Crippen molar-refractivity contribution in [2.24, 2.45) is 0 Å². The van der Waals surface area contributed by atoms with Gasteiger partial charge >= 0.3 is 5.97 Å². The van der Waals surface area contributed by atoms with Crippen LogP contribution in [0.25, 0.3) is 22.2 Å². The Morgan fingerprint density at radius 1 is 1.05 bits per heavy atom. The molecule has 4 aromatic rings. The number of carbonyl (C=O) groups is 2. The summed E-state index contributed by atoms with van der Waals surface area (Å²) in [6.07, 6.45) is 3.64. The molecule has 0 unspecified atom stereocenters. The number of nitrogens with one attached hydrogen (secondary N) is 2. The van der Waals surface area contributed by atoms with Crippen LogP contribution in [0.3, 0.4) is 0 Å². The number of ether oxygens (including phenoxy) is 1. The van der Waals surface area contributed by atoms with Crippen LogP contribution in [0.4, 0.5) is 4.39 Å². The van der Waals surface area contributed by atoms with Crippen molar-refractivity contribution in [2.75, 3.05) is 13.7 Å². The van der Waals surface area contributed by atoms with Crippen molar-refractivity contribution >= 4 is 46.0 Å². The number of esters is 1. The summed E-state index contributed by atoms with van der Waals surface area (Å²) in [6.45, 7) is 2.04. The monoisotopic (exact) mass is 575 g/mol. The van der Waals surface area contributed by atoms with E-state index in [1.54, 1.807) is 13.0 Å². The molecule has 0 spiro atoms. The van der Waals surface area contributed by atoms with E-state index in [4.69, 9.17) is 27.7 Å². The quantitative estimate of drug-likeness (QED) is 0.174. The molecule has 0 saturated carbocycles. The molecule has 4 rings (SSSR count). The maximum atomic E-state index is 14.2. The summed E-state index contributed by atoms with van der Waals surface area (Å²) in [5.74, 6) is -0.890. The molecule has 11 heteroatoms. The van der Waals surface area contributed by atoms with Gasteiger partial charge < -0.3 is 19.6 Å². The van der Waals surface area contributed by atoms with Crippen LogP contribution >= 0.6 is 23.2 Å². The van der Waals surface area contributed by atoms with Crippen molar-refractivity contribution in [3.05, 3.63) is 86.1 Å². The Hall–Kier alpha value is -3.69. The molecule has 0 aliphatic carbocycles. The summed E-state index contributed by atoms with van der Waals surface area (Å²) in [5.41, 5.74) is 0.880. The van der Waals surface area contributed by atoms with E-state index in [0.717, 1.165) is 36.6 Å². The van der Waals surface area contributed by atoms with Gasteiger partial charge in [0.2, 0.25) is 0 Å². The SMILES string of the molecule is COC(=O)CCCCCCNC(=O)c1c(-c2c(F)cccc2Cl)noc1C.O=c1[nH]c2ccccc2cc1Cl. The minimum Gasteiger partial charge on any atom is -0.469 e. The smallest absolute Gasteiger partial charge is 0.305 e. The molecule has 0 atom stereocenters. The lowest BCUT2D eigenvalue weighted by Crippen LogP contribution is -2.25. The van der Waals surface area contributed by atoms with Gasteiger partial charge in [-0.1, -0.05) is 65.5 Å². The van der Waals surface area contributed by atoms with E-state index in [1.165, 1.54) is 25.3 Å². The fourth-order valence-electron chi connectivity index (χ4n) is 3.80. The zero-order valence-electron chi connectivity index (χ0n) is 21.5. The van der Waals surface area contributed by atoms with Crippen LogP contribution in [0.2, 0.25) is 10.0 Å². The Morgan fingerprint density at radius 2 is 1.79 bits per heavy atom. The fraction of sp³-hybridized carbons (Fsp3) is 0.286. The molecule has 0 aliphatic heterocycles. The van der Waals surface area contributed by atoms with Gasteiger partial charge in [-0.2, -0.15) is 0 Å². The summed E-state index contributed by atoms with van der Waals surface area (Å²) in [6, 6.07) is 13.4. The number of hydrogen-bond donors (Lipinski definition) is 2. The van der Waals surface area contributed by atoms with Gasteiger partial charge in [-0.3, -0.25) is 14.4 Å². The topological polar surface area (TPSA) is 114 Å². The first-order chi connectivity index (χ1) is 18.7. The number of nitrogens with zero attached hydrogens (tertiary/aromatic N) is 1. The Balaban J connectivity index is 0.000000289. The maximum absolute atomic E-state index is 14.2. The van der Waals surface area contributed by atoms with E-state index in [-0.39, 0.29) is 38.4 Å². The number of benzene rings is 2. The number of aryl methyl sites for hydroxylation is 1. The lowest BCUT2D eigenvalue weighted by atomic mass is 10.0. The number of unbranched alkanes of at least 4 members (excludes halogenated alkanes) is 3. The van der Waals surface area contributed by atoms with Crippen molar-refractivity contribution in [3.63, 3.8) is 0 Å². The van der Waals surface area contributed by atoms with Crippen LogP contribution in [0.15, 0.2) is 57.8 Å². The Bertz CT molecular complexity index is 1480. The second-order valence-corrected chi connectivity index (χ2v) is 9.40. The average molecular weight is 576 g/mol. The molecule has 0 saturated heterocycles. The lowest BCUT2D eigenvalue weighted by Gasteiger charge is -2.07. The number of aromatic amines is 1. The number of carbonyl (C=O) groups excluding carboxylic acids is 2. The molecule has 0 radical (unpaired) electrons. The number of halogens is 3. The zero-order chi connectivity index (χ0) is 28.4. The number of rotatable bonds is 9. The number of methoxy groups -OCH3 is 1. The Labute approximate surface area is 234 Å². The standard InChI is InChI=1S/C19H22ClFN2O4.C9H6ClNO/c1-12-16(18(23-27-12)17-13(20)8-7-9-14(17)21)19(25)22-11-6-4-3-5-10-15(24)26-2;10-7-5-6-3-1-2-4-8(6)11-9(7)12/h7-9H,3-6,10-11H2,1-2H3,(H,22,25);1-5H,(H,11,12). The number of hydrogen-bond acceptors (Lipinski definition) is 6. The second kappa shape index (κ2) is 14.5. The lowest BCUT2D eigenvalue weighted by molar-refractivity contribution is -0.140. The van der Waals surface area contributed by atoms with Gasteiger partial charge in [0, 0.05) is 18.5 Å². The Morgan fingerprint density at radius 3 is 2.54 bits per heavy atom. The predicted octanol–water partition coefficient (Wildman–Crippen LogP) is 6.48. The first-order valence-electron chi connectivity index (χ1n) is 12.3. The highest BCUT2D eigenvalue weighted by molar-refractivity contribution is 6.33. The van der Waals surface area contributed by atoms with Crippen molar-refractivity contribution < 1.29 is 23.2 Å². The van der Waals surface area contributed by atoms with E-state index in [0.29, 0.717) is 18.7 Å². The van der Waals surface area contributed by atoms with Crippen molar-refractivity contribution in [2.45, 2.75) is 39.0 Å². The molecule has 2 aromatic heterocycles. The summed E-state index contributed by atoms with van der Waals surface area (Å²) in [7, 11) is 1.37. The third-order valence-electron chi connectivity index (χ3n) is 5.82. The minimum absolute atomic E-state index is 0.0453. The summed E-state index contributed by atoms with van der Waals surface area (Å²) in [4.78, 5) is 37.3. The van der Waals surface area contributed by atoms with E-state index in [9.17, 15) is 18.8 Å². The minimum atomic E-state index is -0.574. The van der Waals surface area contributed by atoms with Gasteiger partial charge in [-0.25, -0.2) is 4.39 Å². The predicted molar refractivity (Wildman–Crippen MR) is 149 cm³/mol. The van der Waals surface area contributed by atoms with E-state index in [1.807, 2.05) is 24.3 Å². The largest absolute Gasteiger partial charge is 0.469 e. The van der Waals surface area contributed by atoms with Crippen LogP contribution in [0.5, 0.6) is 0 Å². The van der Waals surface area contributed by atoms with Gasteiger partial charge in [0.15, 0.2) is 0 Å². The molecule has 2 aromatic carbocycles. The van der Waals surface area contributed by atoms with Crippen molar-refractivity contribution in [1.82, 2.24) is 15.5 Å². The average Bonchev–Trinajstić information content (AvgIpc) is 3.29. The fourth-order valence-corrected chi connectivity index (χ4v) is 4.21. The molecule has 0 fully saturated rings. The van der Waals surface area contributed by atoms with Crippen LogP contribution in [-0.2, 0) is 9.53 Å². The first-order valence-corrected chi connectivity index (χ1v) is 13.0. The van der Waals surface area contributed by atoms with E-state index in [2.05, 4.69) is 20.2 Å². The molecular weight excluding hydrogens is 548 g/mol. The number of fused-ring (bicyclic) bond motifs is 1. The second-order valence-electron chi connectivity index (χ2n) is 8.59. The molecule has 8 nitrogen and oxygen atoms in total. The van der Waals surface area contributed by atoms with Crippen LogP contribution < -0.4 is 10.9 Å². The molecule has 2 N–H and O–H groups in total. The van der Waals surface area contributed by atoms with Crippen LogP contribution in [0, 0.1) is 12.7 Å². The Kier molecular flexibility index (Phi) is 11.1.